The van der Waals surface area contributed by atoms with Crippen LogP contribution < -0.4 is 0 Å². The second kappa shape index (κ2) is 13.1. The molecule has 0 atom stereocenters. The van der Waals surface area contributed by atoms with Gasteiger partial charge in [0, 0.05) is 43.8 Å². The molecule has 262 valence electrons. The summed E-state index contributed by atoms with van der Waals surface area (Å²) in [5, 5.41) is 4.32. The molecule has 0 saturated heterocycles. The summed E-state index contributed by atoms with van der Waals surface area (Å²) in [7, 11) is 0. The maximum absolute atomic E-state index is 6.61. The average molecular weight is 717 g/mol. The van der Waals surface area contributed by atoms with Gasteiger partial charge in [0.05, 0.1) is 11.4 Å². The Balaban J connectivity index is 1.19. The summed E-state index contributed by atoms with van der Waals surface area (Å²) in [6, 6.07) is 67.4. The first-order chi connectivity index (χ1) is 27.7. The summed E-state index contributed by atoms with van der Waals surface area (Å²) in [5.74, 6) is 0.641. The summed E-state index contributed by atoms with van der Waals surface area (Å²) in [5.41, 5.74) is 14.4. The number of nitrogens with zero attached hydrogens (tertiary/aromatic N) is 2. The van der Waals surface area contributed by atoms with Crippen LogP contribution in [-0.4, -0.2) is 9.97 Å². The highest BCUT2D eigenvalue weighted by Gasteiger charge is 2.19. The molecule has 11 aromatic rings. The zero-order valence-electron chi connectivity index (χ0n) is 30.2. The smallest absolute Gasteiger partial charge is 0.160 e. The van der Waals surface area contributed by atoms with Crippen molar-refractivity contribution in [1.29, 1.82) is 0 Å². The fourth-order valence-electron chi connectivity index (χ4n) is 8.06. The Bertz CT molecular complexity index is 3250. The molecule has 0 N–H and O–H groups in total. The molecule has 56 heavy (non-hydrogen) atoms. The van der Waals surface area contributed by atoms with E-state index in [-0.39, 0.29) is 0 Å². The van der Waals surface area contributed by atoms with Crippen molar-refractivity contribution in [1.82, 2.24) is 9.97 Å². The molecular formula is C52H32N2O2. The Morgan fingerprint density at radius 3 is 1.39 bits per heavy atom. The molecule has 4 nitrogen and oxygen atoms in total. The van der Waals surface area contributed by atoms with Gasteiger partial charge in [-0.2, -0.15) is 0 Å². The van der Waals surface area contributed by atoms with Crippen LogP contribution in [0, 0.1) is 0 Å². The third-order valence-electron chi connectivity index (χ3n) is 10.7. The third kappa shape index (κ3) is 5.39. The van der Waals surface area contributed by atoms with E-state index in [1.165, 1.54) is 0 Å². The van der Waals surface area contributed by atoms with E-state index in [4.69, 9.17) is 18.8 Å². The number of furan rings is 2. The number of rotatable bonds is 6. The summed E-state index contributed by atoms with van der Waals surface area (Å²) in [6.07, 6.45) is 0. The zero-order chi connectivity index (χ0) is 37.0. The van der Waals surface area contributed by atoms with E-state index in [0.29, 0.717) is 5.82 Å². The predicted octanol–water partition coefficient (Wildman–Crippen LogP) is 14.3. The van der Waals surface area contributed by atoms with Gasteiger partial charge >= 0.3 is 0 Å². The van der Waals surface area contributed by atoms with Crippen molar-refractivity contribution >= 4 is 43.9 Å². The van der Waals surface area contributed by atoms with Crippen molar-refractivity contribution in [2.75, 3.05) is 0 Å². The van der Waals surface area contributed by atoms with Crippen molar-refractivity contribution in [2.45, 2.75) is 0 Å². The Labute approximate surface area is 323 Å². The van der Waals surface area contributed by atoms with E-state index in [9.17, 15) is 0 Å². The van der Waals surface area contributed by atoms with E-state index >= 15 is 0 Å². The number of hydrogen-bond donors (Lipinski definition) is 0. The van der Waals surface area contributed by atoms with Gasteiger partial charge in [-0.25, -0.2) is 9.97 Å². The highest BCUT2D eigenvalue weighted by molar-refractivity contribution is 6.11. The van der Waals surface area contributed by atoms with Crippen LogP contribution in [0.1, 0.15) is 0 Å². The molecule has 3 heterocycles. The molecule has 4 heteroatoms. The van der Waals surface area contributed by atoms with Crippen LogP contribution in [0.2, 0.25) is 0 Å². The maximum atomic E-state index is 6.61. The van der Waals surface area contributed by atoms with Gasteiger partial charge in [-0.05, 0) is 70.3 Å². The van der Waals surface area contributed by atoms with Gasteiger partial charge in [0.15, 0.2) is 5.82 Å². The minimum absolute atomic E-state index is 0.641. The first kappa shape index (κ1) is 31.9. The average Bonchev–Trinajstić information content (AvgIpc) is 3.85. The minimum Gasteiger partial charge on any atom is -0.455 e. The summed E-state index contributed by atoms with van der Waals surface area (Å²) < 4.78 is 13.1. The van der Waals surface area contributed by atoms with Crippen molar-refractivity contribution < 1.29 is 8.83 Å². The third-order valence-corrected chi connectivity index (χ3v) is 10.7. The van der Waals surface area contributed by atoms with Crippen molar-refractivity contribution in [3.8, 4) is 67.3 Å². The van der Waals surface area contributed by atoms with Gasteiger partial charge in [-0.1, -0.05) is 152 Å². The van der Waals surface area contributed by atoms with Gasteiger partial charge in [-0.3, -0.25) is 0 Å². The van der Waals surface area contributed by atoms with Crippen LogP contribution in [0.3, 0.4) is 0 Å². The van der Waals surface area contributed by atoms with Gasteiger partial charge in [0.2, 0.25) is 0 Å². The SMILES string of the molecule is c1ccc(-c2nc(-c3cc(-c4ccccc4-c4ccccc4)cc(-c4cccc5c4oc4ccccc45)c3)cc(-c3cccc4c3oc3ccccc34)n2)cc1. The van der Waals surface area contributed by atoms with E-state index in [1.807, 2.05) is 48.5 Å². The molecule has 0 radical (unpaired) electrons. The van der Waals surface area contributed by atoms with Crippen LogP contribution in [0.4, 0.5) is 0 Å². The molecule has 0 saturated carbocycles. The lowest BCUT2D eigenvalue weighted by Crippen LogP contribution is -1.97. The highest BCUT2D eigenvalue weighted by atomic mass is 16.3. The topological polar surface area (TPSA) is 52.1 Å². The molecule has 0 aliphatic heterocycles. The maximum Gasteiger partial charge on any atom is 0.160 e. The highest BCUT2D eigenvalue weighted by Crippen LogP contribution is 2.42. The largest absolute Gasteiger partial charge is 0.455 e. The lowest BCUT2D eigenvalue weighted by molar-refractivity contribution is 0.669. The lowest BCUT2D eigenvalue weighted by Gasteiger charge is -2.15. The van der Waals surface area contributed by atoms with E-state index in [1.54, 1.807) is 0 Å². The quantitative estimate of drug-likeness (QED) is 0.172. The molecule has 0 fully saturated rings. The molecule has 0 bridgehead atoms. The normalized spacial score (nSPS) is 11.6. The molecule has 0 unspecified atom stereocenters. The molecule has 8 aromatic carbocycles. The van der Waals surface area contributed by atoms with Gasteiger partial charge < -0.3 is 8.83 Å². The van der Waals surface area contributed by atoms with Crippen molar-refractivity contribution in [3.05, 3.63) is 194 Å². The molecule has 11 rings (SSSR count). The fourth-order valence-corrected chi connectivity index (χ4v) is 8.06. The summed E-state index contributed by atoms with van der Waals surface area (Å²) in [4.78, 5) is 10.5. The molecule has 0 aliphatic rings. The first-order valence-corrected chi connectivity index (χ1v) is 18.8. The van der Waals surface area contributed by atoms with Crippen molar-refractivity contribution in [2.24, 2.45) is 0 Å². The number of aromatic nitrogens is 2. The Kier molecular flexibility index (Phi) is 7.46. The van der Waals surface area contributed by atoms with E-state index < -0.39 is 0 Å². The number of fused-ring (bicyclic) bond motifs is 6. The Morgan fingerprint density at radius 1 is 0.286 bits per heavy atom. The van der Waals surface area contributed by atoms with E-state index in [2.05, 4.69) is 146 Å². The molecule has 0 spiro atoms. The number of benzene rings is 8. The lowest BCUT2D eigenvalue weighted by atomic mass is 9.90. The summed E-state index contributed by atoms with van der Waals surface area (Å²) in [6.45, 7) is 0. The number of para-hydroxylation sites is 4. The van der Waals surface area contributed by atoms with Gasteiger partial charge in [-0.15, -0.1) is 0 Å². The minimum atomic E-state index is 0.641. The molecule has 0 aliphatic carbocycles. The molecule has 0 amide bonds. The fraction of sp³-hybridized carbons (Fsp3) is 0. The van der Waals surface area contributed by atoms with Crippen LogP contribution in [0.15, 0.2) is 203 Å². The standard InChI is InChI=1S/C52H32N2O2/c1-3-15-33(16-4-1)38-19-7-8-20-39(38)35-29-36(40-23-13-24-43-41-21-9-11-27-48(41)55-50(40)43)31-37(30-35)46-32-47(54-52(53-46)34-17-5-2-6-18-34)45-26-14-25-44-42-22-10-12-28-49(42)56-51(44)45/h1-32H. The molecular weight excluding hydrogens is 685 g/mol. The number of hydrogen-bond acceptors (Lipinski definition) is 4. The van der Waals surface area contributed by atoms with Gasteiger partial charge in [0.25, 0.3) is 0 Å². The van der Waals surface area contributed by atoms with Crippen LogP contribution in [-0.2, 0) is 0 Å². The van der Waals surface area contributed by atoms with Crippen LogP contribution >= 0.6 is 0 Å². The van der Waals surface area contributed by atoms with E-state index in [0.717, 1.165) is 105 Å². The summed E-state index contributed by atoms with van der Waals surface area (Å²) >= 11 is 0. The first-order valence-electron chi connectivity index (χ1n) is 18.8. The second-order valence-electron chi connectivity index (χ2n) is 14.1. The van der Waals surface area contributed by atoms with Crippen molar-refractivity contribution in [3.63, 3.8) is 0 Å². The van der Waals surface area contributed by atoms with Gasteiger partial charge in [0.1, 0.15) is 22.3 Å². The van der Waals surface area contributed by atoms with Crippen LogP contribution in [0.5, 0.6) is 0 Å². The molecule has 3 aromatic heterocycles. The monoisotopic (exact) mass is 716 g/mol. The second-order valence-corrected chi connectivity index (χ2v) is 14.1. The zero-order valence-corrected chi connectivity index (χ0v) is 30.2. The Hall–Kier alpha value is -7.56. The predicted molar refractivity (Wildman–Crippen MR) is 229 cm³/mol. The van der Waals surface area contributed by atoms with Crippen LogP contribution in [0.25, 0.3) is 111 Å². The Morgan fingerprint density at radius 2 is 0.732 bits per heavy atom.